The molecule has 0 N–H and O–H groups in total. The normalized spacial score (nSPS) is 12.8. The molecule has 3 nitrogen and oxygen atoms in total. The zero-order valence-corrected chi connectivity index (χ0v) is 14.3. The van der Waals surface area contributed by atoms with Gasteiger partial charge in [-0.2, -0.15) is 0 Å². The first-order valence-electron chi connectivity index (χ1n) is 6.18. The highest BCUT2D eigenvalue weighted by molar-refractivity contribution is 8.10. The summed E-state index contributed by atoms with van der Waals surface area (Å²) in [6, 6.07) is 7.87. The van der Waals surface area contributed by atoms with Crippen molar-refractivity contribution in [2.75, 3.05) is 6.61 Å². The number of rotatable bonds is 5. The fraction of sp³-hybridized carbons (Fsp3) is 0.308. The summed E-state index contributed by atoms with van der Waals surface area (Å²) < 4.78 is 8.04. The van der Waals surface area contributed by atoms with Crippen molar-refractivity contribution >= 4 is 56.1 Å². The minimum absolute atomic E-state index is 0.295. The number of nitrogens with zero attached hydrogens (tertiary/aromatic N) is 1. The fourth-order valence-corrected chi connectivity index (χ4v) is 4.54. The van der Waals surface area contributed by atoms with Gasteiger partial charge < -0.3 is 9.84 Å². The van der Waals surface area contributed by atoms with Crippen LogP contribution in [0.1, 0.15) is 18.9 Å². The third kappa shape index (κ3) is 3.04. The molecule has 0 atom stereocenters. The molecule has 20 heavy (non-hydrogen) atoms. The lowest BCUT2D eigenvalue weighted by Gasteiger charge is -2.15. The lowest BCUT2D eigenvalue weighted by Crippen LogP contribution is -2.36. The van der Waals surface area contributed by atoms with Crippen LogP contribution >= 0.6 is 40.4 Å². The molecule has 0 spiro atoms. The van der Waals surface area contributed by atoms with Crippen molar-refractivity contribution in [3.8, 4) is 0 Å². The van der Waals surface area contributed by atoms with E-state index in [0.717, 1.165) is 21.6 Å². The molecule has 0 fully saturated rings. The number of hydrogen-bond acceptors (Lipinski definition) is 3. The van der Waals surface area contributed by atoms with Crippen molar-refractivity contribution in [1.82, 2.24) is 0 Å². The van der Waals surface area contributed by atoms with Gasteiger partial charge >= 0.3 is 0 Å². The van der Waals surface area contributed by atoms with E-state index >= 15 is 0 Å². The number of aromatic nitrogens is 1. The molecule has 0 aliphatic heterocycles. The molecule has 0 radical (unpaired) electrons. The number of hydrogen-bond donors (Lipinski definition) is 0. The first-order chi connectivity index (χ1) is 9.60. The molecule has 0 unspecified atom stereocenters. The van der Waals surface area contributed by atoms with Crippen molar-refractivity contribution in [3.05, 3.63) is 35.2 Å². The maximum absolute atomic E-state index is 12.2. The van der Waals surface area contributed by atoms with E-state index in [4.69, 9.17) is 27.2 Å². The van der Waals surface area contributed by atoms with Gasteiger partial charge in [0.15, 0.2) is 6.63 Å². The molecule has 1 aromatic carbocycles. The summed E-state index contributed by atoms with van der Waals surface area (Å²) in [6.45, 7) is 2.49. The molecular formula is C13H14Cl2NO2PS. The molecule has 0 saturated heterocycles. The molecule has 2 rings (SSSR count). The number of benzene rings is 1. The van der Waals surface area contributed by atoms with Gasteiger partial charge in [0.2, 0.25) is 10.5 Å². The maximum Gasteiger partial charge on any atom is 0.261 e. The summed E-state index contributed by atoms with van der Waals surface area (Å²) in [7, 11) is 0. The third-order valence-corrected chi connectivity index (χ3v) is 5.65. The van der Waals surface area contributed by atoms with Crippen LogP contribution in [0, 0.1) is 0 Å². The smallest absolute Gasteiger partial charge is 0.261 e. The third-order valence-electron chi connectivity index (χ3n) is 2.72. The average molecular weight is 350 g/mol. The summed E-state index contributed by atoms with van der Waals surface area (Å²) in [4.78, 5) is 0. The van der Waals surface area contributed by atoms with Crippen molar-refractivity contribution in [2.24, 2.45) is 0 Å². The summed E-state index contributed by atoms with van der Waals surface area (Å²) in [5.41, 5.74) is 1.26. The SMILES string of the molecule is CCO/C([O-])=C(/[n+]1c(CC)sc2ccccc21)P(Cl)Cl. The highest BCUT2D eigenvalue weighted by Crippen LogP contribution is 2.56. The van der Waals surface area contributed by atoms with Crippen LogP contribution < -0.4 is 9.67 Å². The van der Waals surface area contributed by atoms with Crippen LogP contribution in [0.2, 0.25) is 0 Å². The van der Waals surface area contributed by atoms with Gasteiger partial charge in [-0.3, -0.25) is 0 Å². The molecule has 1 aromatic heterocycles. The summed E-state index contributed by atoms with van der Waals surface area (Å²) in [6.07, 6.45) is 0.791. The Labute approximate surface area is 132 Å². The predicted octanol–water partition coefficient (Wildman–Crippen LogP) is 4.02. The second-order valence-corrected chi connectivity index (χ2v) is 8.48. The molecule has 1 heterocycles. The monoisotopic (exact) mass is 349 g/mol. The number of ether oxygens (including phenoxy) is 1. The van der Waals surface area contributed by atoms with Crippen LogP contribution in [0.4, 0.5) is 0 Å². The quantitative estimate of drug-likeness (QED) is 0.464. The molecule has 0 amide bonds. The molecule has 0 bridgehead atoms. The van der Waals surface area contributed by atoms with Gasteiger partial charge in [-0.1, -0.05) is 59.8 Å². The molecule has 0 saturated carbocycles. The number of aryl methyl sites for hydroxylation is 1. The van der Waals surface area contributed by atoms with Crippen LogP contribution in [0.15, 0.2) is 30.2 Å². The Balaban J connectivity index is 2.73. The van der Waals surface area contributed by atoms with E-state index in [0.29, 0.717) is 12.0 Å². The lowest BCUT2D eigenvalue weighted by molar-refractivity contribution is -0.557. The van der Waals surface area contributed by atoms with E-state index in [2.05, 4.69) is 0 Å². The van der Waals surface area contributed by atoms with Crippen LogP contribution in [-0.4, -0.2) is 6.61 Å². The molecule has 0 aliphatic carbocycles. The van der Waals surface area contributed by atoms with Gasteiger partial charge in [0.05, 0.1) is 0 Å². The Morgan fingerprint density at radius 2 is 2.05 bits per heavy atom. The predicted molar refractivity (Wildman–Crippen MR) is 84.9 cm³/mol. The Hall–Kier alpha value is -0.540. The highest BCUT2D eigenvalue weighted by atomic mass is 35.9. The van der Waals surface area contributed by atoms with Crippen molar-refractivity contribution in [2.45, 2.75) is 20.3 Å². The summed E-state index contributed by atoms with van der Waals surface area (Å²) in [5, 5.41) is 13.2. The fourth-order valence-electron chi connectivity index (χ4n) is 1.93. The number of para-hydroxylation sites is 1. The van der Waals surface area contributed by atoms with Gasteiger partial charge in [-0.25, -0.2) is 0 Å². The van der Waals surface area contributed by atoms with Crippen LogP contribution in [0.3, 0.4) is 0 Å². The minimum Gasteiger partial charge on any atom is -0.609 e. The van der Waals surface area contributed by atoms with Gasteiger partial charge in [0, 0.05) is 12.5 Å². The number of fused-ring (bicyclic) bond motifs is 1. The van der Waals surface area contributed by atoms with E-state index in [1.165, 1.54) is 0 Å². The van der Waals surface area contributed by atoms with Crippen molar-refractivity contribution in [3.63, 3.8) is 0 Å². The first kappa shape index (κ1) is 15.8. The molecule has 108 valence electrons. The maximum atomic E-state index is 12.2. The van der Waals surface area contributed by atoms with E-state index in [1.807, 2.05) is 35.8 Å². The second kappa shape index (κ2) is 6.95. The zero-order valence-electron chi connectivity index (χ0n) is 11.1. The summed E-state index contributed by atoms with van der Waals surface area (Å²) in [5.74, 6) is -0.452. The largest absolute Gasteiger partial charge is 0.609 e. The minimum atomic E-state index is -1.60. The van der Waals surface area contributed by atoms with Crippen LogP contribution in [-0.2, 0) is 11.2 Å². The van der Waals surface area contributed by atoms with Gasteiger partial charge in [0.25, 0.3) is 5.44 Å². The Morgan fingerprint density at radius 3 is 2.65 bits per heavy atom. The Morgan fingerprint density at radius 1 is 1.35 bits per heavy atom. The average Bonchev–Trinajstić information content (AvgIpc) is 2.78. The van der Waals surface area contributed by atoms with E-state index in [1.54, 1.807) is 18.3 Å². The Kier molecular flexibility index (Phi) is 5.50. The number of thiazole rings is 1. The highest BCUT2D eigenvalue weighted by Gasteiger charge is 2.30. The van der Waals surface area contributed by atoms with E-state index in [-0.39, 0.29) is 0 Å². The molecule has 0 aliphatic rings. The summed E-state index contributed by atoms with van der Waals surface area (Å²) >= 11 is 13.8. The second-order valence-electron chi connectivity index (χ2n) is 3.93. The van der Waals surface area contributed by atoms with E-state index < -0.39 is 12.6 Å². The van der Waals surface area contributed by atoms with Gasteiger partial charge in [-0.15, -0.1) is 4.57 Å². The Bertz CT molecular complexity index is 642. The molecule has 2 aromatic rings. The van der Waals surface area contributed by atoms with Crippen molar-refractivity contribution in [1.29, 1.82) is 0 Å². The standard InChI is InChI=1S/C13H14Cl2NO2PS/c1-3-11-16(9-7-5-6-8-10(9)20-11)12(19(14)15)13(17)18-4-2/h5-8H,3-4H2,1-2H3/b13-12-. The molecule has 7 heteroatoms. The topological polar surface area (TPSA) is 36.2 Å². The van der Waals surface area contributed by atoms with Crippen molar-refractivity contribution < 1.29 is 14.4 Å². The number of halogens is 2. The lowest BCUT2D eigenvalue weighted by atomic mass is 10.3. The van der Waals surface area contributed by atoms with Crippen LogP contribution in [0.25, 0.3) is 15.7 Å². The van der Waals surface area contributed by atoms with Crippen LogP contribution in [0.5, 0.6) is 0 Å². The van der Waals surface area contributed by atoms with Gasteiger partial charge in [-0.05, 0) is 12.7 Å². The zero-order chi connectivity index (χ0) is 14.7. The molecular weight excluding hydrogens is 336 g/mol. The van der Waals surface area contributed by atoms with Gasteiger partial charge in [0.1, 0.15) is 10.6 Å². The van der Waals surface area contributed by atoms with E-state index in [9.17, 15) is 5.11 Å². The first-order valence-corrected chi connectivity index (χ1v) is 10.2.